The van der Waals surface area contributed by atoms with E-state index in [1.54, 1.807) is 24.3 Å². The van der Waals surface area contributed by atoms with Crippen molar-refractivity contribution in [2.45, 2.75) is 17.9 Å². The molecular weight excluding hydrogens is 366 g/mol. The van der Waals surface area contributed by atoms with Crippen molar-refractivity contribution in [3.05, 3.63) is 64.6 Å². The predicted octanol–water partition coefficient (Wildman–Crippen LogP) is 3.33. The Morgan fingerprint density at radius 2 is 1.68 bits per heavy atom. The summed E-state index contributed by atoms with van der Waals surface area (Å²) in [5, 5.41) is 0. The molecule has 1 N–H and O–H groups in total. The van der Waals surface area contributed by atoms with Gasteiger partial charge in [0.25, 0.3) is 0 Å². The predicted molar refractivity (Wildman–Crippen MR) is 90.0 cm³/mol. The van der Waals surface area contributed by atoms with Crippen LogP contribution in [0.25, 0.3) is 0 Å². The number of halogens is 1. The van der Waals surface area contributed by atoms with Crippen LogP contribution in [-0.4, -0.2) is 21.6 Å². The lowest BCUT2D eigenvalue weighted by atomic mass is 10.2. The van der Waals surface area contributed by atoms with Crippen LogP contribution < -0.4 is 4.72 Å². The zero-order chi connectivity index (χ0) is 15.8. The minimum atomic E-state index is -3.48. The van der Waals surface area contributed by atoms with E-state index in [1.165, 1.54) is 0 Å². The molecule has 6 heteroatoms. The highest BCUT2D eigenvalue weighted by Gasteiger charge is 2.15. The molecule has 0 heterocycles. The van der Waals surface area contributed by atoms with Crippen molar-refractivity contribution in [3.63, 3.8) is 0 Å². The van der Waals surface area contributed by atoms with Gasteiger partial charge >= 0.3 is 0 Å². The Hall–Kier alpha value is -1.21. The Morgan fingerprint density at radius 3 is 2.41 bits per heavy atom. The highest BCUT2D eigenvalue weighted by molar-refractivity contribution is 9.10. The first-order valence-electron chi connectivity index (χ1n) is 6.95. The van der Waals surface area contributed by atoms with Crippen molar-refractivity contribution < 1.29 is 13.2 Å². The van der Waals surface area contributed by atoms with Gasteiger partial charge in [-0.15, -0.1) is 0 Å². The van der Waals surface area contributed by atoms with Crippen LogP contribution in [-0.2, 0) is 21.4 Å². The first-order chi connectivity index (χ1) is 10.6. The van der Waals surface area contributed by atoms with Gasteiger partial charge in [0, 0.05) is 17.6 Å². The van der Waals surface area contributed by atoms with Gasteiger partial charge in [0.05, 0.1) is 11.5 Å². The van der Waals surface area contributed by atoms with Crippen LogP contribution in [0.5, 0.6) is 0 Å². The van der Waals surface area contributed by atoms with E-state index in [2.05, 4.69) is 20.7 Å². The maximum absolute atomic E-state index is 12.1. The number of nitrogens with one attached hydrogen (secondary N) is 1. The summed E-state index contributed by atoms with van der Waals surface area (Å²) in [7, 11) is -3.48. The molecule has 0 spiro atoms. The molecule has 2 aromatic carbocycles. The summed E-state index contributed by atoms with van der Waals surface area (Å²) < 4.78 is 32.9. The maximum atomic E-state index is 12.1. The van der Waals surface area contributed by atoms with E-state index < -0.39 is 10.0 Å². The molecule has 0 saturated carbocycles. The zero-order valence-corrected chi connectivity index (χ0v) is 14.4. The molecule has 2 rings (SSSR count). The average molecular weight is 384 g/mol. The molecule has 0 saturated heterocycles. The van der Waals surface area contributed by atoms with E-state index in [0.717, 1.165) is 5.56 Å². The van der Waals surface area contributed by atoms with Gasteiger partial charge in [0.1, 0.15) is 0 Å². The molecule has 0 aliphatic rings. The van der Waals surface area contributed by atoms with Crippen LogP contribution in [0, 0.1) is 0 Å². The van der Waals surface area contributed by atoms with Crippen LogP contribution in [0.15, 0.2) is 64.0 Å². The first kappa shape index (κ1) is 17.1. The Bertz CT molecular complexity index is 690. The molecule has 118 valence electrons. The molecule has 2 aromatic rings. The van der Waals surface area contributed by atoms with E-state index in [4.69, 9.17) is 4.74 Å². The second kappa shape index (κ2) is 8.43. The Labute approximate surface area is 139 Å². The van der Waals surface area contributed by atoms with Crippen molar-refractivity contribution in [1.82, 2.24) is 4.72 Å². The van der Waals surface area contributed by atoms with Crippen molar-refractivity contribution in [1.29, 1.82) is 0 Å². The van der Waals surface area contributed by atoms with Crippen molar-refractivity contribution in [3.8, 4) is 0 Å². The summed E-state index contributed by atoms with van der Waals surface area (Å²) in [6.45, 7) is 1.39. The minimum absolute atomic E-state index is 0.250. The first-order valence-corrected chi connectivity index (χ1v) is 9.23. The van der Waals surface area contributed by atoms with Gasteiger partial charge in [-0.25, -0.2) is 13.1 Å². The van der Waals surface area contributed by atoms with Crippen LogP contribution in [0.4, 0.5) is 0 Å². The smallest absolute Gasteiger partial charge is 0.241 e. The molecular formula is C16H18BrNO3S. The monoisotopic (exact) mass is 383 g/mol. The zero-order valence-electron chi connectivity index (χ0n) is 12.0. The highest BCUT2D eigenvalue weighted by Crippen LogP contribution is 2.20. The summed E-state index contributed by atoms with van der Waals surface area (Å²) in [6, 6.07) is 16.6. The Morgan fingerprint density at radius 1 is 1.00 bits per heavy atom. The second-order valence-corrected chi connectivity index (χ2v) is 7.31. The van der Waals surface area contributed by atoms with E-state index in [-0.39, 0.29) is 4.90 Å². The second-order valence-electron chi connectivity index (χ2n) is 4.72. The van der Waals surface area contributed by atoms with Gasteiger partial charge in [0.2, 0.25) is 10.0 Å². The molecule has 0 bridgehead atoms. The van der Waals surface area contributed by atoms with Gasteiger partial charge in [-0.1, -0.05) is 42.5 Å². The molecule has 0 aliphatic heterocycles. The summed E-state index contributed by atoms with van der Waals surface area (Å²) in [5.41, 5.74) is 1.11. The van der Waals surface area contributed by atoms with E-state index in [9.17, 15) is 8.42 Å². The van der Waals surface area contributed by atoms with Gasteiger partial charge in [-0.05, 0) is 40.0 Å². The molecule has 0 unspecified atom stereocenters. The number of benzene rings is 2. The summed E-state index contributed by atoms with van der Waals surface area (Å²) in [6.07, 6.45) is 0.622. The number of rotatable bonds is 8. The third kappa shape index (κ3) is 5.21. The van der Waals surface area contributed by atoms with Gasteiger partial charge in [-0.2, -0.15) is 0 Å². The topological polar surface area (TPSA) is 55.4 Å². The lowest BCUT2D eigenvalue weighted by Crippen LogP contribution is -2.25. The number of sulfonamides is 1. The molecule has 0 aromatic heterocycles. The van der Waals surface area contributed by atoms with Crippen LogP contribution >= 0.6 is 15.9 Å². The number of ether oxygens (including phenoxy) is 1. The fourth-order valence-electron chi connectivity index (χ4n) is 1.89. The molecule has 22 heavy (non-hydrogen) atoms. The largest absolute Gasteiger partial charge is 0.377 e. The molecule has 0 amide bonds. The van der Waals surface area contributed by atoms with Crippen LogP contribution in [0.1, 0.15) is 12.0 Å². The molecule has 4 nitrogen and oxygen atoms in total. The fraction of sp³-hybridized carbons (Fsp3) is 0.250. The average Bonchev–Trinajstić information content (AvgIpc) is 2.52. The molecule has 0 fully saturated rings. The van der Waals surface area contributed by atoms with E-state index >= 15 is 0 Å². The third-order valence-corrected chi connectivity index (χ3v) is 5.47. The van der Waals surface area contributed by atoms with Gasteiger partial charge in [0.15, 0.2) is 0 Å². The minimum Gasteiger partial charge on any atom is -0.377 e. The highest BCUT2D eigenvalue weighted by atomic mass is 79.9. The van der Waals surface area contributed by atoms with Crippen molar-refractivity contribution in [2.75, 3.05) is 13.2 Å². The lowest BCUT2D eigenvalue weighted by molar-refractivity contribution is 0.119. The Balaban J connectivity index is 1.71. The fourth-order valence-corrected chi connectivity index (χ4v) is 3.96. The standard InChI is InChI=1S/C16H18BrNO3S/c17-15-9-4-5-10-16(15)22(19,20)18-11-6-12-21-13-14-7-2-1-3-8-14/h1-5,7-10,18H,6,11-13H2. The maximum Gasteiger partial charge on any atom is 0.241 e. The number of hydrogen-bond acceptors (Lipinski definition) is 3. The van der Waals surface area contributed by atoms with Crippen LogP contribution in [0.2, 0.25) is 0 Å². The lowest BCUT2D eigenvalue weighted by Gasteiger charge is -2.08. The van der Waals surface area contributed by atoms with Crippen LogP contribution in [0.3, 0.4) is 0 Å². The SMILES string of the molecule is O=S(=O)(NCCCOCc1ccccc1)c1ccccc1Br. The summed E-state index contributed by atoms with van der Waals surface area (Å²) >= 11 is 3.25. The number of hydrogen-bond donors (Lipinski definition) is 1. The third-order valence-electron chi connectivity index (χ3n) is 3.00. The quantitative estimate of drug-likeness (QED) is 0.711. The van der Waals surface area contributed by atoms with Crippen molar-refractivity contribution in [2.24, 2.45) is 0 Å². The van der Waals surface area contributed by atoms with Gasteiger partial charge in [-0.3, -0.25) is 0 Å². The van der Waals surface area contributed by atoms with E-state index in [1.807, 2.05) is 30.3 Å². The Kier molecular flexibility index (Phi) is 6.57. The summed E-state index contributed by atoms with van der Waals surface area (Å²) in [4.78, 5) is 0.250. The molecule has 0 radical (unpaired) electrons. The van der Waals surface area contributed by atoms with Crippen molar-refractivity contribution >= 4 is 26.0 Å². The molecule has 0 atom stereocenters. The van der Waals surface area contributed by atoms with Gasteiger partial charge < -0.3 is 4.74 Å². The normalized spacial score (nSPS) is 11.5. The molecule has 0 aliphatic carbocycles. The van der Waals surface area contributed by atoms with E-state index in [0.29, 0.717) is 30.7 Å². The summed E-state index contributed by atoms with van der Waals surface area (Å²) in [5.74, 6) is 0.